The van der Waals surface area contributed by atoms with Crippen LogP contribution in [0.1, 0.15) is 44.6 Å². The standard InChI is InChI=1S/C24H24N4O5S/c1-5-10-32-16-9-8-15(12-18(16)31-4)22(29)27-28-23(30)20-13(2)19-14(3)25-21(26-24(19)34-20)17-7-6-11-33-17/h6-9,11-12H,5,10H2,1-4H3,(H,27,29)(H,28,30). The molecule has 1 aromatic carbocycles. The molecule has 0 aliphatic heterocycles. The summed E-state index contributed by atoms with van der Waals surface area (Å²) in [5, 5.41) is 0.809. The third-order valence-electron chi connectivity index (χ3n) is 5.10. The number of benzene rings is 1. The molecule has 0 fully saturated rings. The van der Waals surface area contributed by atoms with Gasteiger partial charge in [-0.05, 0) is 56.2 Å². The van der Waals surface area contributed by atoms with Gasteiger partial charge in [-0.3, -0.25) is 20.4 Å². The van der Waals surface area contributed by atoms with E-state index in [4.69, 9.17) is 13.9 Å². The van der Waals surface area contributed by atoms with Crippen LogP contribution in [0.25, 0.3) is 21.8 Å². The number of hydrazine groups is 1. The Hall–Kier alpha value is -3.92. The topological polar surface area (TPSA) is 116 Å². The van der Waals surface area contributed by atoms with Gasteiger partial charge in [-0.2, -0.15) is 0 Å². The summed E-state index contributed by atoms with van der Waals surface area (Å²) in [5.74, 6) is 1.07. The van der Waals surface area contributed by atoms with Crippen molar-refractivity contribution < 1.29 is 23.5 Å². The van der Waals surface area contributed by atoms with Crippen molar-refractivity contribution >= 4 is 33.4 Å². The normalized spacial score (nSPS) is 10.8. The minimum absolute atomic E-state index is 0.318. The molecule has 34 heavy (non-hydrogen) atoms. The summed E-state index contributed by atoms with van der Waals surface area (Å²) in [7, 11) is 1.50. The molecular weight excluding hydrogens is 456 g/mol. The second kappa shape index (κ2) is 9.92. The van der Waals surface area contributed by atoms with Crippen molar-refractivity contribution in [3.8, 4) is 23.1 Å². The van der Waals surface area contributed by atoms with Crippen molar-refractivity contribution in [2.75, 3.05) is 13.7 Å². The summed E-state index contributed by atoms with van der Waals surface area (Å²) in [6, 6.07) is 8.38. The number of nitrogens with zero attached hydrogens (tertiary/aromatic N) is 2. The van der Waals surface area contributed by atoms with Crippen LogP contribution in [0.3, 0.4) is 0 Å². The number of ether oxygens (including phenoxy) is 2. The predicted octanol–water partition coefficient (Wildman–Crippen LogP) is 4.44. The number of furan rings is 1. The van der Waals surface area contributed by atoms with Crippen LogP contribution in [0.5, 0.6) is 11.5 Å². The van der Waals surface area contributed by atoms with Crippen LogP contribution in [0, 0.1) is 13.8 Å². The van der Waals surface area contributed by atoms with Gasteiger partial charge in [0.25, 0.3) is 11.8 Å². The zero-order chi connectivity index (χ0) is 24.2. The van der Waals surface area contributed by atoms with E-state index in [0.29, 0.717) is 45.0 Å². The van der Waals surface area contributed by atoms with E-state index in [-0.39, 0.29) is 0 Å². The van der Waals surface area contributed by atoms with E-state index >= 15 is 0 Å². The molecule has 0 spiro atoms. The molecule has 0 bridgehead atoms. The molecule has 0 saturated heterocycles. The highest BCUT2D eigenvalue weighted by molar-refractivity contribution is 7.20. The van der Waals surface area contributed by atoms with Crippen molar-refractivity contribution in [3.63, 3.8) is 0 Å². The zero-order valence-corrected chi connectivity index (χ0v) is 20.0. The number of aromatic nitrogens is 2. The molecule has 0 saturated carbocycles. The average molecular weight is 481 g/mol. The summed E-state index contributed by atoms with van der Waals surface area (Å²) < 4.78 is 16.3. The van der Waals surface area contributed by atoms with Crippen LogP contribution in [-0.4, -0.2) is 35.5 Å². The van der Waals surface area contributed by atoms with Crippen molar-refractivity contribution in [1.29, 1.82) is 0 Å². The molecule has 10 heteroatoms. The van der Waals surface area contributed by atoms with Gasteiger partial charge in [0.2, 0.25) is 0 Å². The SMILES string of the molecule is CCCOc1ccc(C(=O)NNC(=O)c2sc3nc(-c4ccco4)nc(C)c3c2C)cc1OC. The van der Waals surface area contributed by atoms with Crippen molar-refractivity contribution in [1.82, 2.24) is 20.8 Å². The molecule has 3 heterocycles. The third-order valence-corrected chi connectivity index (χ3v) is 6.28. The van der Waals surface area contributed by atoms with E-state index in [2.05, 4.69) is 20.8 Å². The van der Waals surface area contributed by atoms with E-state index < -0.39 is 11.8 Å². The van der Waals surface area contributed by atoms with E-state index in [1.165, 1.54) is 18.4 Å². The van der Waals surface area contributed by atoms with Crippen LogP contribution in [0.15, 0.2) is 41.0 Å². The minimum Gasteiger partial charge on any atom is -0.493 e. The molecule has 3 aromatic heterocycles. The second-order valence-electron chi connectivity index (χ2n) is 7.47. The highest BCUT2D eigenvalue weighted by atomic mass is 32.1. The molecule has 2 N–H and O–H groups in total. The minimum atomic E-state index is -0.483. The van der Waals surface area contributed by atoms with E-state index in [1.807, 2.05) is 20.8 Å². The van der Waals surface area contributed by atoms with E-state index in [9.17, 15) is 9.59 Å². The lowest BCUT2D eigenvalue weighted by molar-refractivity contribution is 0.0848. The number of methoxy groups -OCH3 is 1. The summed E-state index contributed by atoms with van der Waals surface area (Å²) in [4.78, 5) is 35.6. The number of aryl methyl sites for hydroxylation is 2. The van der Waals surface area contributed by atoms with Crippen LogP contribution in [-0.2, 0) is 0 Å². The molecule has 4 aromatic rings. The maximum absolute atomic E-state index is 12.9. The average Bonchev–Trinajstić information content (AvgIpc) is 3.49. The molecule has 0 aliphatic rings. The smallest absolute Gasteiger partial charge is 0.280 e. The largest absolute Gasteiger partial charge is 0.493 e. The number of amides is 2. The number of carbonyl (C=O) groups excluding carboxylic acids is 2. The first kappa shape index (κ1) is 23.2. The highest BCUT2D eigenvalue weighted by Crippen LogP contribution is 2.33. The Morgan fingerprint density at radius 2 is 1.88 bits per heavy atom. The molecule has 0 radical (unpaired) electrons. The monoisotopic (exact) mass is 480 g/mol. The Kier molecular flexibility index (Phi) is 6.78. The van der Waals surface area contributed by atoms with Crippen LogP contribution >= 0.6 is 11.3 Å². The fourth-order valence-corrected chi connectivity index (χ4v) is 4.58. The van der Waals surface area contributed by atoms with Gasteiger partial charge in [-0.1, -0.05) is 6.92 Å². The first-order valence-corrected chi connectivity index (χ1v) is 11.5. The van der Waals surface area contributed by atoms with Crippen LogP contribution < -0.4 is 20.3 Å². The number of hydrogen-bond donors (Lipinski definition) is 2. The fraction of sp³-hybridized carbons (Fsp3) is 0.250. The Morgan fingerprint density at radius 3 is 2.59 bits per heavy atom. The lowest BCUT2D eigenvalue weighted by Gasteiger charge is -2.12. The van der Waals surface area contributed by atoms with Gasteiger partial charge in [0, 0.05) is 10.9 Å². The number of hydrogen-bond acceptors (Lipinski definition) is 8. The molecule has 9 nitrogen and oxygen atoms in total. The number of thiophene rings is 1. The van der Waals surface area contributed by atoms with Gasteiger partial charge in [0.15, 0.2) is 23.1 Å². The van der Waals surface area contributed by atoms with Gasteiger partial charge in [0.1, 0.15) is 4.83 Å². The lowest BCUT2D eigenvalue weighted by Crippen LogP contribution is -2.41. The van der Waals surface area contributed by atoms with Crippen LogP contribution in [0.4, 0.5) is 0 Å². The Bertz CT molecular complexity index is 1350. The molecule has 4 rings (SSSR count). The van der Waals surface area contributed by atoms with Gasteiger partial charge in [-0.25, -0.2) is 9.97 Å². The fourth-order valence-electron chi connectivity index (χ4n) is 3.45. The summed E-state index contributed by atoms with van der Waals surface area (Å²) >= 11 is 1.23. The van der Waals surface area contributed by atoms with Crippen molar-refractivity contribution in [2.45, 2.75) is 27.2 Å². The zero-order valence-electron chi connectivity index (χ0n) is 19.2. The van der Waals surface area contributed by atoms with Gasteiger partial charge in [-0.15, -0.1) is 11.3 Å². The third kappa shape index (κ3) is 4.58. The number of fused-ring (bicyclic) bond motifs is 1. The van der Waals surface area contributed by atoms with Crippen LogP contribution in [0.2, 0.25) is 0 Å². The summed E-state index contributed by atoms with van der Waals surface area (Å²) in [5.41, 5.74) is 6.74. The van der Waals surface area contributed by atoms with Gasteiger partial charge < -0.3 is 13.9 Å². The second-order valence-corrected chi connectivity index (χ2v) is 8.47. The maximum atomic E-state index is 12.9. The maximum Gasteiger partial charge on any atom is 0.280 e. The first-order chi connectivity index (χ1) is 16.4. The molecule has 2 amide bonds. The van der Waals surface area contributed by atoms with Gasteiger partial charge in [0.05, 0.1) is 30.6 Å². The van der Waals surface area contributed by atoms with Crippen molar-refractivity contribution in [2.24, 2.45) is 0 Å². The van der Waals surface area contributed by atoms with E-state index in [1.54, 1.807) is 36.6 Å². The summed E-state index contributed by atoms with van der Waals surface area (Å²) in [6.07, 6.45) is 2.41. The molecular formula is C24H24N4O5S. The number of rotatable bonds is 7. The predicted molar refractivity (Wildman–Crippen MR) is 128 cm³/mol. The number of carbonyl (C=O) groups is 2. The molecule has 176 valence electrons. The molecule has 0 unspecified atom stereocenters. The molecule has 0 aliphatic carbocycles. The Balaban J connectivity index is 1.50. The van der Waals surface area contributed by atoms with E-state index in [0.717, 1.165) is 23.1 Å². The van der Waals surface area contributed by atoms with Crippen molar-refractivity contribution in [3.05, 3.63) is 58.3 Å². The quantitative estimate of drug-likeness (QED) is 0.376. The number of nitrogens with one attached hydrogen (secondary N) is 2. The molecule has 0 atom stereocenters. The highest BCUT2D eigenvalue weighted by Gasteiger charge is 2.21. The summed E-state index contributed by atoms with van der Waals surface area (Å²) in [6.45, 7) is 6.24. The first-order valence-electron chi connectivity index (χ1n) is 10.7. The Morgan fingerprint density at radius 1 is 1.09 bits per heavy atom. The van der Waals surface area contributed by atoms with Gasteiger partial charge >= 0.3 is 0 Å². The Labute approximate surface area is 200 Å². The lowest BCUT2D eigenvalue weighted by atomic mass is 10.1.